The third-order valence-electron chi connectivity index (χ3n) is 4.54. The number of ether oxygens (including phenoxy) is 1. The number of hydrogen-bond acceptors (Lipinski definition) is 7. The normalized spacial score (nSPS) is 12.0. The first-order valence-corrected chi connectivity index (χ1v) is 11.8. The number of anilines is 1. The number of rotatable bonds is 9. The van der Waals surface area contributed by atoms with E-state index in [1.807, 2.05) is 66.0 Å². The van der Waals surface area contributed by atoms with Crippen LogP contribution in [0.25, 0.3) is 10.2 Å². The fourth-order valence-electron chi connectivity index (χ4n) is 2.95. The van der Waals surface area contributed by atoms with E-state index in [4.69, 9.17) is 9.29 Å². The summed E-state index contributed by atoms with van der Waals surface area (Å²) >= 11 is 1.49. The third kappa shape index (κ3) is 5.74. The van der Waals surface area contributed by atoms with Gasteiger partial charge in [0, 0.05) is 25.8 Å². The zero-order chi connectivity index (χ0) is 21.7. The minimum atomic E-state index is -3.95. The summed E-state index contributed by atoms with van der Waals surface area (Å²) in [6.07, 6.45) is 0.949. The van der Waals surface area contributed by atoms with Crippen molar-refractivity contribution in [2.75, 3.05) is 31.9 Å². The maximum atomic E-state index is 11.0. The van der Waals surface area contributed by atoms with E-state index in [0.29, 0.717) is 24.5 Å². The molecule has 1 heterocycles. The van der Waals surface area contributed by atoms with Gasteiger partial charge in [-0.15, -0.1) is 0 Å². The lowest BCUT2D eigenvalue weighted by Gasteiger charge is -2.11. The fourth-order valence-corrected chi connectivity index (χ4v) is 4.55. The minimum absolute atomic E-state index is 0.251. The highest BCUT2D eigenvalue weighted by molar-refractivity contribution is 7.85. The van der Waals surface area contributed by atoms with Gasteiger partial charge in [-0.25, -0.2) is 4.57 Å². The summed E-state index contributed by atoms with van der Waals surface area (Å²) in [4.78, 5) is 2.01. The fraction of sp³-hybridized carbons (Fsp3) is 0.350. The highest BCUT2D eigenvalue weighted by Gasteiger charge is 2.20. The van der Waals surface area contributed by atoms with Gasteiger partial charge in [0.15, 0.2) is 0 Å². The van der Waals surface area contributed by atoms with Crippen LogP contribution >= 0.6 is 11.3 Å². The van der Waals surface area contributed by atoms with Gasteiger partial charge in [0.1, 0.15) is 17.0 Å². The van der Waals surface area contributed by atoms with Crippen LogP contribution in [0.1, 0.15) is 12.8 Å². The highest BCUT2D eigenvalue weighted by Crippen LogP contribution is 2.31. The zero-order valence-corrected chi connectivity index (χ0v) is 18.8. The van der Waals surface area contributed by atoms with E-state index in [1.165, 1.54) is 11.3 Å². The topological polar surface area (TPSA) is 95.4 Å². The molecule has 0 aliphatic rings. The van der Waals surface area contributed by atoms with Crippen molar-refractivity contribution in [1.29, 1.82) is 0 Å². The van der Waals surface area contributed by atoms with Crippen molar-refractivity contribution in [2.45, 2.75) is 19.4 Å². The molecule has 0 aliphatic heterocycles. The summed E-state index contributed by atoms with van der Waals surface area (Å²) in [5.74, 6) is 0.503. The van der Waals surface area contributed by atoms with E-state index in [1.54, 1.807) is 7.11 Å². The number of aryl methyl sites for hydroxylation is 1. The Morgan fingerprint density at radius 3 is 2.47 bits per heavy atom. The van der Waals surface area contributed by atoms with E-state index in [-0.39, 0.29) is 5.75 Å². The molecule has 0 saturated heterocycles. The number of azo groups is 1. The lowest BCUT2D eigenvalue weighted by atomic mass is 10.3. The monoisotopic (exact) mass is 449 g/mol. The average molecular weight is 450 g/mol. The second kappa shape index (κ2) is 9.50. The van der Waals surface area contributed by atoms with E-state index in [9.17, 15) is 8.42 Å². The molecule has 3 rings (SSSR count). The Kier molecular flexibility index (Phi) is 7.01. The molecule has 0 unspecified atom stereocenters. The third-order valence-corrected chi connectivity index (χ3v) is 6.38. The largest absolute Gasteiger partial charge is 0.497 e. The summed E-state index contributed by atoms with van der Waals surface area (Å²) in [6, 6.07) is 13.6. The first-order chi connectivity index (χ1) is 14.3. The molecule has 0 atom stereocenters. The minimum Gasteiger partial charge on any atom is -0.497 e. The van der Waals surface area contributed by atoms with Crippen molar-refractivity contribution in [3.63, 3.8) is 0 Å². The highest BCUT2D eigenvalue weighted by atomic mass is 32.2. The molecule has 0 fully saturated rings. The molecule has 0 spiro atoms. The number of nitrogens with zero attached hydrogens (tertiary/aromatic N) is 4. The molecule has 160 valence electrons. The predicted octanol–water partition coefficient (Wildman–Crippen LogP) is 4.35. The first-order valence-electron chi connectivity index (χ1n) is 9.41. The van der Waals surface area contributed by atoms with Crippen LogP contribution in [0, 0.1) is 0 Å². The van der Waals surface area contributed by atoms with E-state index in [0.717, 1.165) is 27.3 Å². The molecule has 0 aliphatic carbocycles. The maximum Gasteiger partial charge on any atom is 0.409 e. The summed E-state index contributed by atoms with van der Waals surface area (Å²) in [5.41, 5.74) is 2.80. The Morgan fingerprint density at radius 1 is 1.10 bits per heavy atom. The Morgan fingerprint density at radius 2 is 1.83 bits per heavy atom. The summed E-state index contributed by atoms with van der Waals surface area (Å²) in [5, 5.41) is 9.54. The predicted molar refractivity (Wildman–Crippen MR) is 119 cm³/mol. The average Bonchev–Trinajstić information content (AvgIpc) is 3.05. The Bertz CT molecular complexity index is 1140. The molecule has 0 radical (unpaired) electrons. The molecule has 8 nitrogen and oxygen atoms in total. The molecule has 1 N–H and O–H groups in total. The lowest BCUT2D eigenvalue weighted by molar-refractivity contribution is -0.655. The van der Waals surface area contributed by atoms with Gasteiger partial charge in [-0.2, -0.15) is 8.42 Å². The zero-order valence-electron chi connectivity index (χ0n) is 17.1. The Balaban J connectivity index is 1.87. The second-order valence-corrected chi connectivity index (χ2v) is 9.56. The van der Waals surface area contributed by atoms with Crippen LogP contribution in [0.5, 0.6) is 5.75 Å². The molecule has 30 heavy (non-hydrogen) atoms. The molecule has 0 bridgehead atoms. The number of methoxy groups -OCH3 is 1. The van der Waals surface area contributed by atoms with Crippen molar-refractivity contribution in [3.05, 3.63) is 42.5 Å². The summed E-state index contributed by atoms with van der Waals surface area (Å²) in [7, 11) is 1.63. The molecule has 3 aromatic rings. The number of benzene rings is 2. The summed E-state index contributed by atoms with van der Waals surface area (Å²) in [6.45, 7) is 0.565. The Labute approximate surface area is 180 Å². The summed E-state index contributed by atoms with van der Waals surface area (Å²) < 4.78 is 39.2. The van der Waals surface area contributed by atoms with Crippen LogP contribution in [-0.2, 0) is 16.7 Å². The lowest BCUT2D eigenvalue weighted by Crippen LogP contribution is -2.32. The Hall–Kier alpha value is -2.56. The van der Waals surface area contributed by atoms with Gasteiger partial charge in [0.2, 0.25) is 0 Å². The van der Waals surface area contributed by atoms with Gasteiger partial charge < -0.3 is 9.64 Å². The second-order valence-electron chi connectivity index (χ2n) is 6.97. The van der Waals surface area contributed by atoms with E-state index >= 15 is 0 Å². The SMILES string of the molecule is COc1ccc2c(c1)sc(N=Nc1ccc(N(C)C)cc1)[n+]2CCCCS(=O)(=O)O. The molecular weight excluding hydrogens is 424 g/mol. The van der Waals surface area contributed by atoms with Crippen LogP contribution in [-0.4, -0.2) is 39.9 Å². The number of unbranched alkanes of at least 4 members (excludes halogenated alkanes) is 1. The maximum absolute atomic E-state index is 11.0. The van der Waals surface area contributed by atoms with E-state index < -0.39 is 10.1 Å². The molecule has 2 aromatic carbocycles. The molecule has 10 heteroatoms. The van der Waals surface area contributed by atoms with Crippen molar-refractivity contribution in [2.24, 2.45) is 10.2 Å². The van der Waals surface area contributed by atoms with Gasteiger partial charge in [-0.3, -0.25) is 4.55 Å². The molecule has 1 aromatic heterocycles. The van der Waals surface area contributed by atoms with Crippen LogP contribution in [0.4, 0.5) is 16.5 Å². The smallest absolute Gasteiger partial charge is 0.409 e. The van der Waals surface area contributed by atoms with Crippen LogP contribution in [0.3, 0.4) is 0 Å². The molecule has 0 amide bonds. The standard InChI is InChI=1S/C20H24N4O4S2/c1-23(2)16-8-6-15(7-9-16)21-22-20-24(12-4-5-13-30(25,26)27)18-11-10-17(28-3)14-19(18)29-20/h6-11,14H,4-5,12-13H2,1-3H3/p+1. The number of thiazole rings is 1. The van der Waals surface area contributed by atoms with Crippen molar-refractivity contribution in [1.82, 2.24) is 0 Å². The van der Waals surface area contributed by atoms with Gasteiger partial charge >= 0.3 is 5.13 Å². The molecular formula is C20H25N4O4S2+. The number of fused-ring (bicyclic) bond motifs is 1. The van der Waals surface area contributed by atoms with Gasteiger partial charge in [0.05, 0.1) is 29.2 Å². The van der Waals surface area contributed by atoms with Gasteiger partial charge in [-0.05, 0) is 65.7 Å². The van der Waals surface area contributed by atoms with Crippen LogP contribution in [0.2, 0.25) is 0 Å². The van der Waals surface area contributed by atoms with Gasteiger partial charge in [0.25, 0.3) is 10.1 Å². The first kappa shape index (κ1) is 22.1. The van der Waals surface area contributed by atoms with Crippen molar-refractivity contribution < 1.29 is 22.3 Å². The van der Waals surface area contributed by atoms with Crippen LogP contribution in [0.15, 0.2) is 52.7 Å². The van der Waals surface area contributed by atoms with Crippen molar-refractivity contribution >= 4 is 48.2 Å². The quantitative estimate of drug-likeness (QED) is 0.227. The van der Waals surface area contributed by atoms with E-state index in [2.05, 4.69) is 10.2 Å². The van der Waals surface area contributed by atoms with Crippen LogP contribution < -0.4 is 14.2 Å². The van der Waals surface area contributed by atoms with Gasteiger partial charge in [-0.1, -0.05) is 0 Å². The van der Waals surface area contributed by atoms with Crippen molar-refractivity contribution in [3.8, 4) is 5.75 Å². The molecule has 0 saturated carbocycles. The number of hydrogen-bond donors (Lipinski definition) is 1. The number of aromatic nitrogens is 1.